The van der Waals surface area contributed by atoms with Crippen molar-refractivity contribution in [1.82, 2.24) is 0 Å². The summed E-state index contributed by atoms with van der Waals surface area (Å²) in [5, 5.41) is 3.75. The van der Waals surface area contributed by atoms with Crippen LogP contribution in [-0.4, -0.2) is 50.4 Å². The lowest BCUT2D eigenvalue weighted by Gasteiger charge is -2.16. The Bertz CT molecular complexity index is 1670. The summed E-state index contributed by atoms with van der Waals surface area (Å²) < 4.78 is 27.6. The van der Waals surface area contributed by atoms with Gasteiger partial charge in [0.15, 0.2) is 0 Å². The third kappa shape index (κ3) is 9.57. The van der Waals surface area contributed by atoms with Gasteiger partial charge in [-0.1, -0.05) is 30.8 Å². The first-order valence-corrected chi connectivity index (χ1v) is 15.1. The Morgan fingerprint density at radius 1 is 0.644 bits per heavy atom. The SMILES string of the molecule is C=C(C)C(=O)OCCCC(C)Oc1ccc2cc(C(=O)OCCCC(C)Oc3ccc4cc(C(=O)OC)ccc4c3)ccc2c1. The Hall–Kier alpha value is -4.85. The van der Waals surface area contributed by atoms with Crippen molar-refractivity contribution in [2.24, 2.45) is 0 Å². The van der Waals surface area contributed by atoms with Crippen LogP contribution in [0.5, 0.6) is 11.5 Å². The van der Waals surface area contributed by atoms with Crippen LogP contribution in [0.25, 0.3) is 21.5 Å². The van der Waals surface area contributed by atoms with Crippen LogP contribution >= 0.6 is 0 Å². The fourth-order valence-corrected chi connectivity index (χ4v) is 4.83. The predicted octanol–water partition coefficient (Wildman–Crippen LogP) is 7.85. The molecule has 45 heavy (non-hydrogen) atoms. The highest BCUT2D eigenvalue weighted by molar-refractivity contribution is 5.96. The fraction of sp³-hybridized carbons (Fsp3) is 0.324. The summed E-state index contributed by atoms with van der Waals surface area (Å²) in [4.78, 5) is 36.0. The number of hydrogen-bond acceptors (Lipinski definition) is 8. The summed E-state index contributed by atoms with van der Waals surface area (Å²) >= 11 is 0. The summed E-state index contributed by atoms with van der Waals surface area (Å²) in [6, 6.07) is 22.3. The standard InChI is InChI=1S/C37H40O8/c1-24(2)35(38)42-18-6-8-25(3)44-34-17-15-28-21-32(13-11-30(28)23-34)37(40)43-19-7-9-26(4)45-33-16-14-27-20-31(36(39)41-5)12-10-29(27)22-33/h10-17,20-23,25-26H,1,6-9,18-19H2,2-5H3. The highest BCUT2D eigenvalue weighted by Gasteiger charge is 2.12. The highest BCUT2D eigenvalue weighted by atomic mass is 16.5. The van der Waals surface area contributed by atoms with Gasteiger partial charge in [-0.15, -0.1) is 0 Å². The van der Waals surface area contributed by atoms with Crippen molar-refractivity contribution in [3.63, 3.8) is 0 Å². The Kier molecular flexibility index (Phi) is 11.6. The van der Waals surface area contributed by atoms with Crippen molar-refractivity contribution in [1.29, 1.82) is 0 Å². The van der Waals surface area contributed by atoms with Crippen molar-refractivity contribution in [3.8, 4) is 11.5 Å². The first-order valence-electron chi connectivity index (χ1n) is 15.1. The molecule has 0 amide bonds. The average Bonchev–Trinajstić information content (AvgIpc) is 3.03. The van der Waals surface area contributed by atoms with Gasteiger partial charge in [0.05, 0.1) is 43.7 Å². The van der Waals surface area contributed by atoms with Crippen molar-refractivity contribution in [3.05, 3.63) is 96.1 Å². The fourth-order valence-electron chi connectivity index (χ4n) is 4.83. The maximum absolute atomic E-state index is 12.7. The summed E-state index contributed by atoms with van der Waals surface area (Å²) in [7, 11) is 1.36. The van der Waals surface area contributed by atoms with Gasteiger partial charge in [0.2, 0.25) is 0 Å². The molecule has 4 aromatic carbocycles. The molecule has 8 nitrogen and oxygen atoms in total. The molecule has 0 radical (unpaired) electrons. The molecular formula is C37H40O8. The van der Waals surface area contributed by atoms with Crippen LogP contribution in [0.2, 0.25) is 0 Å². The second-order valence-corrected chi connectivity index (χ2v) is 11.1. The van der Waals surface area contributed by atoms with Gasteiger partial charge < -0.3 is 23.7 Å². The molecule has 0 aliphatic heterocycles. The van der Waals surface area contributed by atoms with E-state index >= 15 is 0 Å². The van der Waals surface area contributed by atoms with Crippen LogP contribution in [0, 0.1) is 0 Å². The second kappa shape index (κ2) is 15.7. The van der Waals surface area contributed by atoms with Gasteiger partial charge >= 0.3 is 17.9 Å². The van der Waals surface area contributed by atoms with E-state index in [1.165, 1.54) is 7.11 Å². The lowest BCUT2D eigenvalue weighted by atomic mass is 10.1. The van der Waals surface area contributed by atoms with Gasteiger partial charge in [0.1, 0.15) is 11.5 Å². The zero-order chi connectivity index (χ0) is 32.3. The van der Waals surface area contributed by atoms with Crippen LogP contribution in [0.3, 0.4) is 0 Å². The number of esters is 3. The number of benzene rings is 4. The Morgan fingerprint density at radius 2 is 1.09 bits per heavy atom. The normalized spacial score (nSPS) is 12.3. The quantitative estimate of drug-likeness (QED) is 0.0580. The number of carbonyl (C=O) groups is 3. The number of ether oxygens (including phenoxy) is 5. The molecule has 0 aromatic heterocycles. The van der Waals surface area contributed by atoms with E-state index in [0.29, 0.717) is 42.6 Å². The van der Waals surface area contributed by atoms with E-state index < -0.39 is 0 Å². The number of methoxy groups -OCH3 is 1. The van der Waals surface area contributed by atoms with Gasteiger partial charge in [-0.05, 0) is 117 Å². The first-order chi connectivity index (χ1) is 21.6. The summed E-state index contributed by atoms with van der Waals surface area (Å²) in [5.41, 5.74) is 1.38. The summed E-state index contributed by atoms with van der Waals surface area (Å²) in [6.45, 7) is 9.77. The third-order valence-electron chi connectivity index (χ3n) is 7.28. The van der Waals surface area contributed by atoms with E-state index in [1.807, 2.05) is 68.4 Å². The minimum absolute atomic E-state index is 0.0521. The maximum Gasteiger partial charge on any atom is 0.338 e. The zero-order valence-electron chi connectivity index (χ0n) is 26.3. The molecule has 0 N–H and O–H groups in total. The largest absolute Gasteiger partial charge is 0.491 e. The molecule has 236 valence electrons. The Balaban J connectivity index is 1.20. The first kappa shape index (κ1) is 33.1. The molecule has 4 rings (SSSR count). The molecule has 8 heteroatoms. The van der Waals surface area contributed by atoms with E-state index in [4.69, 9.17) is 23.7 Å². The molecule has 2 unspecified atom stereocenters. The number of hydrogen-bond donors (Lipinski definition) is 0. The number of rotatable bonds is 15. The number of fused-ring (bicyclic) bond motifs is 2. The molecule has 0 spiro atoms. The van der Waals surface area contributed by atoms with Crippen LogP contribution < -0.4 is 9.47 Å². The Morgan fingerprint density at radius 3 is 1.58 bits per heavy atom. The molecule has 4 aromatic rings. The smallest absolute Gasteiger partial charge is 0.338 e. The molecular weight excluding hydrogens is 572 g/mol. The van der Waals surface area contributed by atoms with Crippen LogP contribution in [-0.2, 0) is 19.0 Å². The van der Waals surface area contributed by atoms with E-state index in [9.17, 15) is 14.4 Å². The van der Waals surface area contributed by atoms with E-state index in [0.717, 1.165) is 39.5 Å². The molecule has 0 fully saturated rings. The van der Waals surface area contributed by atoms with Gasteiger partial charge in [0.25, 0.3) is 0 Å². The second-order valence-electron chi connectivity index (χ2n) is 11.1. The number of carbonyl (C=O) groups excluding carboxylic acids is 3. The van der Waals surface area contributed by atoms with Crippen molar-refractivity contribution in [2.45, 2.75) is 58.7 Å². The van der Waals surface area contributed by atoms with E-state index in [1.54, 1.807) is 25.1 Å². The van der Waals surface area contributed by atoms with Crippen LogP contribution in [0.4, 0.5) is 0 Å². The minimum Gasteiger partial charge on any atom is -0.491 e. The lowest BCUT2D eigenvalue weighted by molar-refractivity contribution is -0.139. The van der Waals surface area contributed by atoms with Crippen molar-refractivity contribution < 1.29 is 38.1 Å². The molecule has 0 aliphatic rings. The molecule has 0 bridgehead atoms. The van der Waals surface area contributed by atoms with Crippen LogP contribution in [0.15, 0.2) is 84.9 Å². The zero-order valence-corrected chi connectivity index (χ0v) is 26.3. The monoisotopic (exact) mass is 612 g/mol. The third-order valence-corrected chi connectivity index (χ3v) is 7.28. The summed E-state index contributed by atoms with van der Waals surface area (Å²) in [6.07, 6.45) is 2.67. The lowest BCUT2D eigenvalue weighted by Crippen LogP contribution is -2.14. The molecule has 0 aliphatic carbocycles. The van der Waals surface area contributed by atoms with Gasteiger partial charge in [-0.2, -0.15) is 0 Å². The highest BCUT2D eigenvalue weighted by Crippen LogP contribution is 2.25. The molecule has 0 heterocycles. The van der Waals surface area contributed by atoms with Crippen LogP contribution in [0.1, 0.15) is 67.2 Å². The maximum atomic E-state index is 12.7. The van der Waals surface area contributed by atoms with Crippen molar-refractivity contribution >= 4 is 39.5 Å². The van der Waals surface area contributed by atoms with Gasteiger partial charge in [0, 0.05) is 5.57 Å². The van der Waals surface area contributed by atoms with E-state index in [-0.39, 0.29) is 36.7 Å². The van der Waals surface area contributed by atoms with Gasteiger partial charge in [-0.25, -0.2) is 14.4 Å². The average molecular weight is 613 g/mol. The molecule has 0 saturated carbocycles. The predicted molar refractivity (Wildman–Crippen MR) is 174 cm³/mol. The Labute approximate surface area is 263 Å². The minimum atomic E-state index is -0.376. The molecule has 2 atom stereocenters. The van der Waals surface area contributed by atoms with Crippen molar-refractivity contribution in [2.75, 3.05) is 20.3 Å². The summed E-state index contributed by atoms with van der Waals surface area (Å²) in [5.74, 6) is 0.356. The van der Waals surface area contributed by atoms with Gasteiger partial charge in [-0.3, -0.25) is 0 Å². The molecule has 0 saturated heterocycles. The van der Waals surface area contributed by atoms with E-state index in [2.05, 4.69) is 6.58 Å². The topological polar surface area (TPSA) is 97.4 Å².